The molecule has 0 N–H and O–H groups in total. The molecule has 1 aliphatic carbocycles. The van der Waals surface area contributed by atoms with Gasteiger partial charge in [0.2, 0.25) is 0 Å². The number of hydrogen-bond donors (Lipinski definition) is 0. The third-order valence-corrected chi connectivity index (χ3v) is 5.79. The van der Waals surface area contributed by atoms with Crippen LogP contribution in [0.4, 0.5) is 0 Å². The lowest BCUT2D eigenvalue weighted by Gasteiger charge is -2.49. The molecular weight excluding hydrogens is 266 g/mol. The first-order valence-corrected chi connectivity index (χ1v) is 8.72. The Labute approximate surface area is 134 Å². The van der Waals surface area contributed by atoms with E-state index >= 15 is 0 Å². The van der Waals surface area contributed by atoms with Crippen LogP contribution in [0, 0.1) is 5.92 Å². The second kappa shape index (κ2) is 5.89. The molecule has 22 heavy (non-hydrogen) atoms. The van der Waals surface area contributed by atoms with Crippen LogP contribution >= 0.6 is 0 Å². The van der Waals surface area contributed by atoms with Gasteiger partial charge in [0.1, 0.15) is 0 Å². The lowest BCUT2D eigenvalue weighted by Crippen LogP contribution is -2.51. The van der Waals surface area contributed by atoms with Gasteiger partial charge in [-0.3, -0.25) is 4.90 Å². The van der Waals surface area contributed by atoms with Crippen molar-refractivity contribution in [1.29, 1.82) is 0 Å². The fourth-order valence-corrected chi connectivity index (χ4v) is 4.77. The van der Waals surface area contributed by atoms with Gasteiger partial charge in [0.25, 0.3) is 0 Å². The zero-order chi connectivity index (χ0) is 14.9. The summed E-state index contributed by atoms with van der Waals surface area (Å²) in [6.45, 7) is 4.73. The number of hydrogen-bond acceptors (Lipinski definition) is 1. The Morgan fingerprint density at radius 1 is 1.00 bits per heavy atom. The maximum Gasteiger partial charge on any atom is 0.0236 e. The van der Waals surface area contributed by atoms with Gasteiger partial charge in [0, 0.05) is 12.6 Å². The van der Waals surface area contributed by atoms with E-state index in [1.807, 2.05) is 0 Å². The van der Waals surface area contributed by atoms with Crippen molar-refractivity contribution in [3.63, 3.8) is 0 Å². The molecule has 0 spiro atoms. The average Bonchev–Trinajstić information content (AvgIpc) is 2.57. The van der Waals surface area contributed by atoms with Crippen LogP contribution in [0.3, 0.4) is 0 Å². The Hall–Kier alpha value is -1.60. The molecular formula is C21H25N. The van der Waals surface area contributed by atoms with Crippen molar-refractivity contribution in [1.82, 2.24) is 4.90 Å². The minimum atomic E-state index is 0.721. The van der Waals surface area contributed by atoms with Gasteiger partial charge < -0.3 is 0 Å². The normalized spacial score (nSPS) is 27.4. The van der Waals surface area contributed by atoms with E-state index in [-0.39, 0.29) is 0 Å². The predicted octanol–water partition coefficient (Wildman–Crippen LogP) is 4.63. The summed E-state index contributed by atoms with van der Waals surface area (Å²) in [5, 5.41) is 0. The third kappa shape index (κ3) is 2.38. The number of rotatable bonds is 3. The maximum absolute atomic E-state index is 2.75. The summed E-state index contributed by atoms with van der Waals surface area (Å²) in [6.07, 6.45) is 3.85. The van der Waals surface area contributed by atoms with Crippen LogP contribution in [0.15, 0.2) is 54.6 Å². The van der Waals surface area contributed by atoms with Gasteiger partial charge in [-0.25, -0.2) is 0 Å². The minimum Gasteiger partial charge on any atom is -0.295 e. The van der Waals surface area contributed by atoms with E-state index in [2.05, 4.69) is 66.4 Å². The molecule has 4 rings (SSSR count). The van der Waals surface area contributed by atoms with Crippen molar-refractivity contribution < 1.29 is 0 Å². The molecule has 1 saturated heterocycles. The van der Waals surface area contributed by atoms with E-state index in [1.165, 1.54) is 31.4 Å². The van der Waals surface area contributed by atoms with E-state index in [1.54, 1.807) is 11.1 Å². The molecule has 3 atom stereocenters. The van der Waals surface area contributed by atoms with Gasteiger partial charge in [-0.05, 0) is 47.9 Å². The van der Waals surface area contributed by atoms with E-state index < -0.39 is 0 Å². The van der Waals surface area contributed by atoms with E-state index in [4.69, 9.17) is 0 Å². The summed E-state index contributed by atoms with van der Waals surface area (Å²) >= 11 is 0. The number of nitrogens with zero attached hydrogens (tertiary/aromatic N) is 1. The van der Waals surface area contributed by atoms with Crippen molar-refractivity contribution in [3.05, 3.63) is 71.3 Å². The standard InChI is InChI=1S/C21H25N/c1-2-18-20-12-13-22(15-16-8-4-3-5-9-16)21(18)14-17-10-6-7-11-19(17)20/h3-11,18,20-21H,2,12-15H2,1H3/t18-,20-,21-/m0/s1. The molecule has 1 nitrogen and oxygen atoms in total. The lowest BCUT2D eigenvalue weighted by atomic mass is 9.67. The topological polar surface area (TPSA) is 3.24 Å². The molecule has 1 heterocycles. The molecule has 0 saturated carbocycles. The van der Waals surface area contributed by atoms with Gasteiger partial charge in [0.05, 0.1) is 0 Å². The average molecular weight is 291 g/mol. The quantitative estimate of drug-likeness (QED) is 0.797. The first kappa shape index (κ1) is 14.0. The summed E-state index contributed by atoms with van der Waals surface area (Å²) < 4.78 is 0. The van der Waals surface area contributed by atoms with Crippen molar-refractivity contribution in [2.24, 2.45) is 5.92 Å². The van der Waals surface area contributed by atoms with Gasteiger partial charge in [-0.2, -0.15) is 0 Å². The second-order valence-electron chi connectivity index (χ2n) is 6.89. The largest absolute Gasteiger partial charge is 0.295 e. The zero-order valence-electron chi connectivity index (χ0n) is 13.4. The monoisotopic (exact) mass is 291 g/mol. The Morgan fingerprint density at radius 2 is 1.77 bits per heavy atom. The smallest absolute Gasteiger partial charge is 0.0236 e. The van der Waals surface area contributed by atoms with Crippen molar-refractivity contribution in [2.45, 2.75) is 44.7 Å². The van der Waals surface area contributed by atoms with Crippen LogP contribution in [-0.4, -0.2) is 17.5 Å². The number of fused-ring (bicyclic) bond motifs is 4. The molecule has 2 aliphatic rings. The van der Waals surface area contributed by atoms with Gasteiger partial charge >= 0.3 is 0 Å². The molecule has 0 aromatic heterocycles. The first-order chi connectivity index (χ1) is 10.9. The summed E-state index contributed by atoms with van der Waals surface area (Å²) in [5.41, 5.74) is 4.69. The molecule has 0 amide bonds. The Bertz CT molecular complexity index is 633. The molecule has 2 aromatic carbocycles. The highest BCUT2D eigenvalue weighted by atomic mass is 15.2. The molecule has 1 aliphatic heterocycles. The van der Waals surface area contributed by atoms with E-state index in [0.717, 1.165) is 24.4 Å². The van der Waals surface area contributed by atoms with Gasteiger partial charge in [0.15, 0.2) is 0 Å². The van der Waals surface area contributed by atoms with Crippen LogP contribution in [0.25, 0.3) is 0 Å². The molecule has 0 unspecified atom stereocenters. The zero-order valence-corrected chi connectivity index (χ0v) is 13.4. The summed E-state index contributed by atoms with van der Waals surface area (Å²) in [4.78, 5) is 2.75. The molecule has 1 fully saturated rings. The highest BCUT2D eigenvalue weighted by Crippen LogP contribution is 2.45. The highest BCUT2D eigenvalue weighted by Gasteiger charge is 2.41. The second-order valence-corrected chi connectivity index (χ2v) is 6.89. The molecule has 2 aromatic rings. The predicted molar refractivity (Wildman–Crippen MR) is 91.9 cm³/mol. The molecule has 2 bridgehead atoms. The van der Waals surface area contributed by atoms with Crippen LogP contribution in [-0.2, 0) is 13.0 Å². The number of likely N-dealkylation sites (tertiary alicyclic amines) is 1. The molecule has 0 radical (unpaired) electrons. The fraction of sp³-hybridized carbons (Fsp3) is 0.429. The number of piperidine rings is 1. The van der Waals surface area contributed by atoms with Crippen LogP contribution in [0.5, 0.6) is 0 Å². The fourth-order valence-electron chi connectivity index (χ4n) is 4.77. The first-order valence-electron chi connectivity index (χ1n) is 8.72. The maximum atomic E-state index is 2.75. The van der Waals surface area contributed by atoms with Crippen molar-refractivity contribution >= 4 is 0 Å². The minimum absolute atomic E-state index is 0.721. The van der Waals surface area contributed by atoms with E-state index in [0.29, 0.717) is 0 Å². The van der Waals surface area contributed by atoms with E-state index in [9.17, 15) is 0 Å². The SMILES string of the molecule is CC[C@H]1[C@@H]2CCN(Cc3ccccc3)[C@H]1Cc1ccccc12. The van der Waals surface area contributed by atoms with Crippen LogP contribution in [0.2, 0.25) is 0 Å². The Morgan fingerprint density at radius 3 is 2.59 bits per heavy atom. The summed E-state index contributed by atoms with van der Waals surface area (Å²) in [5.74, 6) is 1.61. The highest BCUT2D eigenvalue weighted by molar-refractivity contribution is 5.36. The lowest BCUT2D eigenvalue weighted by molar-refractivity contribution is 0.0564. The third-order valence-electron chi connectivity index (χ3n) is 5.79. The van der Waals surface area contributed by atoms with Gasteiger partial charge in [-0.15, -0.1) is 0 Å². The Balaban J connectivity index is 1.63. The Kier molecular flexibility index (Phi) is 3.75. The van der Waals surface area contributed by atoms with Crippen LogP contribution in [0.1, 0.15) is 42.4 Å². The molecule has 1 heteroatoms. The summed E-state index contributed by atoms with van der Waals surface area (Å²) in [6, 6.07) is 20.9. The summed E-state index contributed by atoms with van der Waals surface area (Å²) in [7, 11) is 0. The van der Waals surface area contributed by atoms with Crippen LogP contribution < -0.4 is 0 Å². The number of benzene rings is 2. The van der Waals surface area contributed by atoms with Crippen molar-refractivity contribution in [3.8, 4) is 0 Å². The van der Waals surface area contributed by atoms with Crippen molar-refractivity contribution in [2.75, 3.05) is 6.54 Å². The molecule has 114 valence electrons. The van der Waals surface area contributed by atoms with Gasteiger partial charge in [-0.1, -0.05) is 67.9 Å².